The molecule has 27 heavy (non-hydrogen) atoms. The van der Waals surface area contributed by atoms with Crippen molar-refractivity contribution >= 4 is 39.8 Å². The average Bonchev–Trinajstić information content (AvgIpc) is 3.12. The molecule has 0 saturated heterocycles. The summed E-state index contributed by atoms with van der Waals surface area (Å²) in [5.41, 5.74) is 1.80. The van der Waals surface area contributed by atoms with E-state index in [2.05, 4.69) is 39.9 Å². The van der Waals surface area contributed by atoms with E-state index in [4.69, 9.17) is 0 Å². The Balaban J connectivity index is 1.43. The van der Waals surface area contributed by atoms with E-state index in [1.807, 2.05) is 18.2 Å². The number of carbonyl (C=O) groups is 1. The van der Waals surface area contributed by atoms with E-state index in [9.17, 15) is 9.18 Å². The minimum Gasteiger partial charge on any atom is -0.355 e. The average molecular weight is 403 g/mol. The summed E-state index contributed by atoms with van der Waals surface area (Å²) in [5, 5.41) is 14.6. The highest BCUT2D eigenvalue weighted by Gasteiger charge is 2.10. The highest BCUT2D eigenvalue weighted by atomic mass is 32.2. The SMILES string of the molecule is C[C@@H](CNC(=O)CSc1nnc(Nc2cccc(F)c2)s1)c1ccccc1. The third-order valence-corrected chi connectivity index (χ3v) is 5.76. The first-order valence-corrected chi connectivity index (χ1v) is 10.2. The fourth-order valence-corrected chi connectivity index (χ4v) is 3.96. The summed E-state index contributed by atoms with van der Waals surface area (Å²) < 4.78 is 13.9. The summed E-state index contributed by atoms with van der Waals surface area (Å²) in [7, 11) is 0. The molecule has 3 aromatic rings. The lowest BCUT2D eigenvalue weighted by Gasteiger charge is -2.12. The van der Waals surface area contributed by atoms with Crippen molar-refractivity contribution < 1.29 is 9.18 Å². The van der Waals surface area contributed by atoms with Gasteiger partial charge in [0.15, 0.2) is 4.34 Å². The second-order valence-electron chi connectivity index (χ2n) is 5.91. The van der Waals surface area contributed by atoms with Crippen molar-refractivity contribution in [3.05, 3.63) is 66.0 Å². The van der Waals surface area contributed by atoms with Gasteiger partial charge in [0, 0.05) is 12.2 Å². The van der Waals surface area contributed by atoms with Crippen molar-refractivity contribution in [3.8, 4) is 0 Å². The molecule has 8 heteroatoms. The first kappa shape index (κ1) is 19.3. The van der Waals surface area contributed by atoms with Gasteiger partial charge in [-0.3, -0.25) is 4.79 Å². The molecule has 0 unspecified atom stereocenters. The Morgan fingerprint density at radius 3 is 2.78 bits per heavy atom. The molecule has 2 aromatic carbocycles. The van der Waals surface area contributed by atoms with Crippen LogP contribution in [0.5, 0.6) is 0 Å². The molecule has 0 aliphatic heterocycles. The second-order valence-corrected chi connectivity index (χ2v) is 8.11. The third kappa shape index (κ3) is 6.04. The minimum atomic E-state index is -0.319. The number of carbonyl (C=O) groups excluding carboxylic acids is 1. The maximum absolute atomic E-state index is 13.2. The van der Waals surface area contributed by atoms with Crippen LogP contribution in [-0.4, -0.2) is 28.4 Å². The predicted octanol–water partition coefficient (Wildman–Crippen LogP) is 4.43. The van der Waals surface area contributed by atoms with E-state index in [-0.39, 0.29) is 23.4 Å². The van der Waals surface area contributed by atoms with E-state index < -0.39 is 0 Å². The molecule has 0 saturated carbocycles. The van der Waals surface area contributed by atoms with Crippen LogP contribution >= 0.6 is 23.1 Å². The third-order valence-electron chi connectivity index (χ3n) is 3.78. The molecule has 0 radical (unpaired) electrons. The smallest absolute Gasteiger partial charge is 0.230 e. The molecule has 0 spiro atoms. The molecule has 1 amide bonds. The Morgan fingerprint density at radius 2 is 2.00 bits per heavy atom. The molecular weight excluding hydrogens is 383 g/mol. The number of halogens is 1. The molecule has 0 fully saturated rings. The maximum atomic E-state index is 13.2. The lowest BCUT2D eigenvalue weighted by atomic mass is 10.0. The van der Waals surface area contributed by atoms with Gasteiger partial charge in [-0.15, -0.1) is 10.2 Å². The van der Waals surface area contributed by atoms with Gasteiger partial charge in [0.05, 0.1) is 5.75 Å². The number of hydrogen-bond acceptors (Lipinski definition) is 6. The molecular formula is C19H19FN4OS2. The Morgan fingerprint density at radius 1 is 1.19 bits per heavy atom. The highest BCUT2D eigenvalue weighted by Crippen LogP contribution is 2.27. The van der Waals surface area contributed by atoms with Crippen LogP contribution in [-0.2, 0) is 4.79 Å². The van der Waals surface area contributed by atoms with Crippen LogP contribution in [0.25, 0.3) is 0 Å². The summed E-state index contributed by atoms with van der Waals surface area (Å²) in [5.74, 6) is 0.165. The van der Waals surface area contributed by atoms with Crippen molar-refractivity contribution in [2.75, 3.05) is 17.6 Å². The van der Waals surface area contributed by atoms with Crippen molar-refractivity contribution in [2.24, 2.45) is 0 Å². The standard InChI is InChI=1S/C19H19FN4OS2/c1-13(14-6-3-2-4-7-14)11-21-17(25)12-26-19-24-23-18(27-19)22-16-9-5-8-15(20)10-16/h2-10,13H,11-12H2,1H3,(H,21,25)(H,22,23)/t13-/m0/s1. The van der Waals surface area contributed by atoms with Gasteiger partial charge in [-0.1, -0.05) is 66.4 Å². The first-order valence-electron chi connectivity index (χ1n) is 8.40. The van der Waals surface area contributed by atoms with Crippen molar-refractivity contribution in [2.45, 2.75) is 17.2 Å². The van der Waals surface area contributed by atoms with Gasteiger partial charge in [0.2, 0.25) is 11.0 Å². The summed E-state index contributed by atoms with van der Waals surface area (Å²) in [6, 6.07) is 16.2. The van der Waals surface area contributed by atoms with Crippen LogP contribution < -0.4 is 10.6 Å². The molecule has 0 bridgehead atoms. The summed E-state index contributed by atoms with van der Waals surface area (Å²) >= 11 is 2.65. The zero-order chi connectivity index (χ0) is 19.1. The number of amides is 1. The number of rotatable bonds is 8. The van der Waals surface area contributed by atoms with E-state index in [0.29, 0.717) is 21.7 Å². The van der Waals surface area contributed by atoms with Gasteiger partial charge in [0.25, 0.3) is 0 Å². The molecule has 1 atom stereocenters. The van der Waals surface area contributed by atoms with Crippen molar-refractivity contribution in [1.82, 2.24) is 15.5 Å². The van der Waals surface area contributed by atoms with Gasteiger partial charge in [-0.25, -0.2) is 4.39 Å². The Labute approximate surface area is 165 Å². The fourth-order valence-electron chi connectivity index (χ4n) is 2.35. The molecule has 0 aliphatic carbocycles. The van der Waals surface area contributed by atoms with Crippen molar-refractivity contribution in [3.63, 3.8) is 0 Å². The van der Waals surface area contributed by atoms with E-state index in [1.54, 1.807) is 12.1 Å². The number of aromatic nitrogens is 2. The number of benzene rings is 2. The first-order chi connectivity index (χ1) is 13.1. The molecule has 3 rings (SSSR count). The lowest BCUT2D eigenvalue weighted by molar-refractivity contribution is -0.118. The van der Waals surface area contributed by atoms with Gasteiger partial charge in [0.1, 0.15) is 5.82 Å². The number of nitrogens with zero attached hydrogens (tertiary/aromatic N) is 2. The zero-order valence-electron chi connectivity index (χ0n) is 14.7. The molecule has 1 heterocycles. The largest absolute Gasteiger partial charge is 0.355 e. The fraction of sp³-hybridized carbons (Fsp3) is 0.211. The topological polar surface area (TPSA) is 66.9 Å². The maximum Gasteiger partial charge on any atom is 0.230 e. The number of nitrogens with one attached hydrogen (secondary N) is 2. The number of anilines is 2. The van der Waals surface area contributed by atoms with Gasteiger partial charge >= 0.3 is 0 Å². The second kappa shape index (κ2) is 9.48. The molecule has 0 aliphatic rings. The summed E-state index contributed by atoms with van der Waals surface area (Å²) in [4.78, 5) is 12.1. The van der Waals surface area contributed by atoms with E-state index in [1.165, 1.54) is 40.8 Å². The van der Waals surface area contributed by atoms with Crippen LogP contribution in [0.4, 0.5) is 15.2 Å². The van der Waals surface area contributed by atoms with Crippen LogP contribution in [0, 0.1) is 5.82 Å². The molecule has 1 aromatic heterocycles. The normalized spacial score (nSPS) is 11.8. The molecule has 5 nitrogen and oxygen atoms in total. The molecule has 2 N–H and O–H groups in total. The van der Waals surface area contributed by atoms with Crippen LogP contribution in [0.1, 0.15) is 18.4 Å². The van der Waals surface area contributed by atoms with Gasteiger partial charge in [-0.05, 0) is 29.7 Å². The Bertz CT molecular complexity index is 888. The summed E-state index contributed by atoms with van der Waals surface area (Å²) in [6.07, 6.45) is 0. The van der Waals surface area contributed by atoms with E-state index >= 15 is 0 Å². The Hall–Kier alpha value is -2.45. The minimum absolute atomic E-state index is 0.0439. The predicted molar refractivity (Wildman–Crippen MR) is 108 cm³/mol. The highest BCUT2D eigenvalue weighted by molar-refractivity contribution is 8.01. The van der Waals surface area contributed by atoms with E-state index in [0.717, 1.165) is 0 Å². The van der Waals surface area contributed by atoms with Gasteiger partial charge < -0.3 is 10.6 Å². The van der Waals surface area contributed by atoms with Crippen LogP contribution in [0.15, 0.2) is 58.9 Å². The Kier molecular flexibility index (Phi) is 6.78. The lowest BCUT2D eigenvalue weighted by Crippen LogP contribution is -2.28. The zero-order valence-corrected chi connectivity index (χ0v) is 16.3. The monoisotopic (exact) mass is 402 g/mol. The molecule has 140 valence electrons. The number of thioether (sulfide) groups is 1. The number of hydrogen-bond donors (Lipinski definition) is 2. The van der Waals surface area contributed by atoms with Crippen LogP contribution in [0.2, 0.25) is 0 Å². The quantitative estimate of drug-likeness (QED) is 0.546. The van der Waals surface area contributed by atoms with Gasteiger partial charge in [-0.2, -0.15) is 0 Å². The van der Waals surface area contributed by atoms with Crippen LogP contribution in [0.3, 0.4) is 0 Å². The summed E-state index contributed by atoms with van der Waals surface area (Å²) in [6.45, 7) is 2.67. The van der Waals surface area contributed by atoms with Crippen molar-refractivity contribution in [1.29, 1.82) is 0 Å².